The summed E-state index contributed by atoms with van der Waals surface area (Å²) < 4.78 is 12.0. The van der Waals surface area contributed by atoms with Crippen molar-refractivity contribution in [2.24, 2.45) is 5.10 Å². The number of benzene rings is 3. The molecule has 3 aromatic rings. The van der Waals surface area contributed by atoms with Gasteiger partial charge in [-0.2, -0.15) is 5.10 Å². The van der Waals surface area contributed by atoms with Crippen molar-refractivity contribution in [2.75, 3.05) is 25.6 Å². The summed E-state index contributed by atoms with van der Waals surface area (Å²) in [4.78, 5) is 2.09. The van der Waals surface area contributed by atoms with Crippen LogP contribution in [-0.4, -0.2) is 31.4 Å². The van der Waals surface area contributed by atoms with E-state index in [0.717, 1.165) is 46.0 Å². The highest BCUT2D eigenvalue weighted by atomic mass is 35.5. The van der Waals surface area contributed by atoms with Gasteiger partial charge in [0, 0.05) is 42.4 Å². The molecule has 0 fully saturated rings. The smallest absolute Gasteiger partial charge is 0.213 e. The van der Waals surface area contributed by atoms with Gasteiger partial charge in [-0.05, 0) is 67.1 Å². The molecule has 32 heavy (non-hydrogen) atoms. The number of ether oxygens (including phenoxy) is 2. The highest BCUT2D eigenvalue weighted by Gasteiger charge is 2.41. The minimum Gasteiger partial charge on any atom is -0.494 e. The third-order valence-corrected chi connectivity index (χ3v) is 6.18. The molecular weight excluding hydrogens is 422 g/mol. The highest BCUT2D eigenvalue weighted by Crippen LogP contribution is 2.48. The van der Waals surface area contributed by atoms with E-state index in [1.165, 1.54) is 0 Å². The van der Waals surface area contributed by atoms with E-state index >= 15 is 0 Å². The van der Waals surface area contributed by atoms with Gasteiger partial charge >= 0.3 is 0 Å². The standard InChI is InChI=1S/C26H26ClN3O2/c1-4-31-21-12-7-17(8-13-21)23-16-24-22-15-19(27)9-14-25(22)32-26(30(24)28-23)18-5-10-20(11-6-18)29(2)3/h5-15,24,26H,4,16H2,1-3H3. The number of anilines is 1. The Balaban J connectivity index is 1.52. The summed E-state index contributed by atoms with van der Waals surface area (Å²) in [5.41, 5.74) is 5.41. The molecule has 0 bridgehead atoms. The first-order valence-electron chi connectivity index (χ1n) is 10.9. The fourth-order valence-corrected chi connectivity index (χ4v) is 4.48. The molecule has 5 nitrogen and oxygen atoms in total. The molecule has 0 spiro atoms. The number of rotatable bonds is 5. The van der Waals surface area contributed by atoms with Crippen LogP contribution < -0.4 is 14.4 Å². The quantitative estimate of drug-likeness (QED) is 0.477. The average molecular weight is 448 g/mol. The van der Waals surface area contributed by atoms with Crippen molar-refractivity contribution in [2.45, 2.75) is 25.6 Å². The van der Waals surface area contributed by atoms with Crippen LogP contribution in [0.1, 0.15) is 42.3 Å². The topological polar surface area (TPSA) is 37.3 Å². The zero-order valence-electron chi connectivity index (χ0n) is 18.5. The van der Waals surface area contributed by atoms with Gasteiger partial charge in [0.25, 0.3) is 0 Å². The van der Waals surface area contributed by atoms with E-state index in [4.69, 9.17) is 26.2 Å². The largest absolute Gasteiger partial charge is 0.494 e. The van der Waals surface area contributed by atoms with Crippen LogP contribution in [0.2, 0.25) is 5.02 Å². The zero-order valence-corrected chi connectivity index (χ0v) is 19.2. The van der Waals surface area contributed by atoms with E-state index in [9.17, 15) is 0 Å². The molecule has 2 heterocycles. The van der Waals surface area contributed by atoms with Gasteiger partial charge in [0.05, 0.1) is 18.4 Å². The average Bonchev–Trinajstić information content (AvgIpc) is 3.25. The van der Waals surface area contributed by atoms with Gasteiger partial charge in [0.2, 0.25) is 6.23 Å². The van der Waals surface area contributed by atoms with Crippen LogP contribution in [0.4, 0.5) is 5.69 Å². The van der Waals surface area contributed by atoms with Crippen molar-refractivity contribution in [3.8, 4) is 11.5 Å². The lowest BCUT2D eigenvalue weighted by Crippen LogP contribution is -2.33. The molecule has 0 saturated heterocycles. The Hall–Kier alpha value is -3.18. The highest BCUT2D eigenvalue weighted by molar-refractivity contribution is 6.30. The second-order valence-electron chi connectivity index (χ2n) is 8.24. The van der Waals surface area contributed by atoms with Crippen LogP contribution in [-0.2, 0) is 0 Å². The second-order valence-corrected chi connectivity index (χ2v) is 8.68. The second kappa shape index (κ2) is 8.40. The SMILES string of the molecule is CCOc1ccc(C2=NN3C(C2)c2cc(Cl)ccc2OC3c2ccc(N(C)C)cc2)cc1. The Morgan fingerprint density at radius 1 is 1.06 bits per heavy atom. The number of hydrogen-bond donors (Lipinski definition) is 0. The Labute approximate surface area is 193 Å². The van der Waals surface area contributed by atoms with Gasteiger partial charge in [0.15, 0.2) is 0 Å². The van der Waals surface area contributed by atoms with Crippen LogP contribution in [0.25, 0.3) is 0 Å². The maximum atomic E-state index is 6.45. The lowest BCUT2D eigenvalue weighted by molar-refractivity contribution is -0.0190. The maximum Gasteiger partial charge on any atom is 0.213 e. The third kappa shape index (κ3) is 3.78. The van der Waals surface area contributed by atoms with Gasteiger partial charge in [-0.15, -0.1) is 0 Å². The van der Waals surface area contributed by atoms with Gasteiger partial charge in [-0.3, -0.25) is 0 Å². The monoisotopic (exact) mass is 447 g/mol. The summed E-state index contributed by atoms with van der Waals surface area (Å²) in [7, 11) is 4.08. The predicted molar refractivity (Wildman–Crippen MR) is 129 cm³/mol. The van der Waals surface area contributed by atoms with Crippen molar-refractivity contribution in [1.29, 1.82) is 0 Å². The molecule has 5 rings (SSSR count). The summed E-state index contributed by atoms with van der Waals surface area (Å²) in [6, 6.07) is 22.5. The number of hydrazone groups is 1. The fourth-order valence-electron chi connectivity index (χ4n) is 4.30. The molecule has 3 aromatic carbocycles. The fraction of sp³-hybridized carbons (Fsp3) is 0.269. The minimum absolute atomic E-state index is 0.0672. The molecule has 0 aliphatic carbocycles. The maximum absolute atomic E-state index is 6.45. The summed E-state index contributed by atoms with van der Waals surface area (Å²) in [5.74, 6) is 1.73. The van der Waals surface area contributed by atoms with Gasteiger partial charge < -0.3 is 14.4 Å². The Morgan fingerprint density at radius 2 is 1.81 bits per heavy atom. The molecule has 6 heteroatoms. The molecule has 0 N–H and O–H groups in total. The Kier molecular flexibility index (Phi) is 5.43. The molecule has 0 amide bonds. The zero-order chi connectivity index (χ0) is 22.2. The van der Waals surface area contributed by atoms with Crippen molar-refractivity contribution < 1.29 is 9.47 Å². The first-order chi connectivity index (χ1) is 15.5. The van der Waals surface area contributed by atoms with E-state index < -0.39 is 0 Å². The number of halogens is 1. The van der Waals surface area contributed by atoms with Gasteiger partial charge in [-0.25, -0.2) is 5.01 Å². The van der Waals surface area contributed by atoms with Gasteiger partial charge in [-0.1, -0.05) is 23.7 Å². The first-order valence-corrected chi connectivity index (χ1v) is 11.2. The van der Waals surface area contributed by atoms with Crippen LogP contribution in [0, 0.1) is 0 Å². The number of hydrogen-bond acceptors (Lipinski definition) is 5. The van der Waals surface area contributed by atoms with E-state index in [1.54, 1.807) is 0 Å². The molecule has 164 valence electrons. The van der Waals surface area contributed by atoms with Gasteiger partial charge in [0.1, 0.15) is 11.5 Å². The summed E-state index contributed by atoms with van der Waals surface area (Å²) in [6.07, 6.45) is 0.488. The van der Waals surface area contributed by atoms with Crippen LogP contribution in [0.3, 0.4) is 0 Å². The molecule has 0 saturated carbocycles. The van der Waals surface area contributed by atoms with E-state index in [2.05, 4.69) is 46.3 Å². The molecular formula is C26H26ClN3O2. The summed E-state index contributed by atoms with van der Waals surface area (Å²) in [6.45, 7) is 2.64. The third-order valence-electron chi connectivity index (χ3n) is 5.95. The molecule has 0 aromatic heterocycles. The minimum atomic E-state index is -0.301. The Bertz CT molecular complexity index is 1140. The molecule has 2 aliphatic heterocycles. The molecule has 2 aliphatic rings. The number of fused-ring (bicyclic) bond motifs is 3. The normalized spacial score (nSPS) is 19.0. The van der Waals surface area contributed by atoms with Crippen molar-refractivity contribution in [3.63, 3.8) is 0 Å². The van der Waals surface area contributed by atoms with Crippen molar-refractivity contribution in [1.82, 2.24) is 5.01 Å². The summed E-state index contributed by atoms with van der Waals surface area (Å²) in [5, 5.41) is 7.81. The van der Waals surface area contributed by atoms with E-state index in [1.807, 2.05) is 51.4 Å². The van der Waals surface area contributed by atoms with Crippen LogP contribution in [0.15, 0.2) is 71.8 Å². The Morgan fingerprint density at radius 3 is 2.50 bits per heavy atom. The van der Waals surface area contributed by atoms with Crippen molar-refractivity contribution in [3.05, 3.63) is 88.4 Å². The van der Waals surface area contributed by atoms with Crippen LogP contribution >= 0.6 is 11.6 Å². The molecule has 0 radical (unpaired) electrons. The lowest BCUT2D eigenvalue weighted by atomic mass is 9.96. The molecule has 2 unspecified atom stereocenters. The predicted octanol–water partition coefficient (Wildman–Crippen LogP) is 6.05. The van der Waals surface area contributed by atoms with E-state index in [0.29, 0.717) is 11.6 Å². The molecule has 2 atom stereocenters. The van der Waals surface area contributed by atoms with E-state index in [-0.39, 0.29) is 12.3 Å². The van der Waals surface area contributed by atoms with Crippen LogP contribution in [0.5, 0.6) is 11.5 Å². The first kappa shape index (κ1) is 20.7. The van der Waals surface area contributed by atoms with Crippen molar-refractivity contribution >= 4 is 23.0 Å². The summed E-state index contributed by atoms with van der Waals surface area (Å²) >= 11 is 6.34. The lowest BCUT2D eigenvalue weighted by Gasteiger charge is -2.38. The number of nitrogens with zero attached hydrogens (tertiary/aromatic N) is 3.